The van der Waals surface area contributed by atoms with Crippen LogP contribution in [0.2, 0.25) is 5.02 Å². The van der Waals surface area contributed by atoms with Crippen molar-refractivity contribution in [3.05, 3.63) is 64.8 Å². The minimum absolute atomic E-state index is 0.146. The third-order valence-corrected chi connectivity index (χ3v) is 4.57. The van der Waals surface area contributed by atoms with Crippen molar-refractivity contribution in [3.63, 3.8) is 0 Å². The van der Waals surface area contributed by atoms with Crippen LogP contribution in [0, 0.1) is 5.82 Å². The summed E-state index contributed by atoms with van der Waals surface area (Å²) in [7, 11) is 0. The fraction of sp³-hybridized carbons (Fsp3) is 0.278. The van der Waals surface area contributed by atoms with E-state index in [1.165, 1.54) is 6.07 Å². The molecular formula is C18H16ClFN2O. The first-order chi connectivity index (χ1) is 11.2. The lowest BCUT2D eigenvalue weighted by molar-refractivity contribution is 0.315. The van der Waals surface area contributed by atoms with E-state index in [1.54, 1.807) is 12.1 Å². The Bertz CT molecular complexity index is 848. The highest BCUT2D eigenvalue weighted by Gasteiger charge is 2.28. The smallest absolute Gasteiger partial charge is 0.199 e. The van der Waals surface area contributed by atoms with Gasteiger partial charge in [-0.2, -0.15) is 0 Å². The van der Waals surface area contributed by atoms with Gasteiger partial charge in [0, 0.05) is 29.6 Å². The molecule has 0 radical (unpaired) electrons. The highest BCUT2D eigenvalue weighted by molar-refractivity contribution is 6.31. The number of benzene rings is 2. The summed E-state index contributed by atoms with van der Waals surface area (Å²) in [6.07, 6.45) is 0.967. The Balaban J connectivity index is 1.50. The normalized spacial score (nSPS) is 18.8. The Labute approximate surface area is 138 Å². The van der Waals surface area contributed by atoms with Gasteiger partial charge in [-0.1, -0.05) is 29.8 Å². The first-order valence-corrected chi connectivity index (χ1v) is 8.08. The second-order valence-corrected chi connectivity index (χ2v) is 6.41. The highest BCUT2D eigenvalue weighted by Crippen LogP contribution is 2.31. The Morgan fingerprint density at radius 1 is 1.26 bits per heavy atom. The summed E-state index contributed by atoms with van der Waals surface area (Å²) in [5, 5.41) is 0.657. The van der Waals surface area contributed by atoms with E-state index in [-0.39, 0.29) is 11.7 Å². The molecule has 1 saturated heterocycles. The second kappa shape index (κ2) is 5.95. The Morgan fingerprint density at radius 3 is 3.00 bits per heavy atom. The van der Waals surface area contributed by atoms with E-state index in [9.17, 15) is 4.39 Å². The highest BCUT2D eigenvalue weighted by atomic mass is 35.5. The molecule has 3 aromatic rings. The van der Waals surface area contributed by atoms with Crippen molar-refractivity contribution < 1.29 is 8.81 Å². The number of rotatable bonds is 3. The van der Waals surface area contributed by atoms with Crippen LogP contribution in [0.4, 0.5) is 4.39 Å². The number of hydrogen-bond donors (Lipinski definition) is 0. The SMILES string of the molecule is Fc1ccccc1CN1CC[C@H](c2nc3cc(Cl)ccc3o2)C1. The minimum atomic E-state index is -0.146. The number of halogens is 2. The molecule has 118 valence electrons. The van der Waals surface area contributed by atoms with Gasteiger partial charge in [0.25, 0.3) is 0 Å². The first kappa shape index (κ1) is 14.7. The molecular weight excluding hydrogens is 315 g/mol. The third kappa shape index (κ3) is 2.96. The molecule has 1 atom stereocenters. The largest absolute Gasteiger partial charge is 0.440 e. The zero-order chi connectivity index (χ0) is 15.8. The van der Waals surface area contributed by atoms with Crippen LogP contribution in [0.25, 0.3) is 11.1 Å². The first-order valence-electron chi connectivity index (χ1n) is 7.71. The maximum atomic E-state index is 13.8. The van der Waals surface area contributed by atoms with Gasteiger partial charge >= 0.3 is 0 Å². The van der Waals surface area contributed by atoms with Crippen LogP contribution in [-0.2, 0) is 6.54 Å². The van der Waals surface area contributed by atoms with Crippen LogP contribution in [0.5, 0.6) is 0 Å². The molecule has 0 amide bonds. The zero-order valence-corrected chi connectivity index (χ0v) is 13.3. The van der Waals surface area contributed by atoms with Crippen LogP contribution in [0.1, 0.15) is 23.8 Å². The molecule has 2 heterocycles. The van der Waals surface area contributed by atoms with Crippen LogP contribution in [0.3, 0.4) is 0 Å². The number of fused-ring (bicyclic) bond motifs is 1. The van der Waals surface area contributed by atoms with Gasteiger partial charge in [-0.15, -0.1) is 0 Å². The fourth-order valence-electron chi connectivity index (χ4n) is 3.14. The summed E-state index contributed by atoms with van der Waals surface area (Å²) in [5.41, 5.74) is 2.29. The van der Waals surface area contributed by atoms with E-state index >= 15 is 0 Å². The molecule has 0 saturated carbocycles. The Hall–Kier alpha value is -1.91. The van der Waals surface area contributed by atoms with Crippen LogP contribution < -0.4 is 0 Å². The van der Waals surface area contributed by atoms with Gasteiger partial charge < -0.3 is 4.42 Å². The van der Waals surface area contributed by atoms with Crippen molar-refractivity contribution in [1.29, 1.82) is 0 Å². The number of oxazole rings is 1. The lowest BCUT2D eigenvalue weighted by Gasteiger charge is -2.15. The summed E-state index contributed by atoms with van der Waals surface area (Å²) in [6, 6.07) is 12.4. The molecule has 4 rings (SSSR count). The molecule has 1 aliphatic heterocycles. The fourth-order valence-corrected chi connectivity index (χ4v) is 3.30. The van der Waals surface area contributed by atoms with Crippen molar-refractivity contribution >= 4 is 22.7 Å². The molecule has 0 aliphatic carbocycles. The van der Waals surface area contributed by atoms with E-state index in [1.807, 2.05) is 24.3 Å². The lowest BCUT2D eigenvalue weighted by atomic mass is 10.1. The van der Waals surface area contributed by atoms with E-state index in [4.69, 9.17) is 16.0 Å². The van der Waals surface area contributed by atoms with Crippen molar-refractivity contribution in [3.8, 4) is 0 Å². The van der Waals surface area contributed by atoms with Gasteiger partial charge in [-0.25, -0.2) is 9.37 Å². The molecule has 1 fully saturated rings. The predicted octanol–water partition coefficient (Wildman–Crippen LogP) is 4.61. The van der Waals surface area contributed by atoms with E-state index in [2.05, 4.69) is 9.88 Å². The van der Waals surface area contributed by atoms with Gasteiger partial charge in [-0.3, -0.25) is 4.90 Å². The van der Waals surface area contributed by atoms with Gasteiger partial charge in [-0.05, 0) is 37.2 Å². The molecule has 1 aromatic heterocycles. The molecule has 3 nitrogen and oxygen atoms in total. The molecule has 1 aliphatic rings. The maximum absolute atomic E-state index is 13.8. The number of likely N-dealkylation sites (tertiary alicyclic amines) is 1. The van der Waals surface area contributed by atoms with Crippen LogP contribution in [0.15, 0.2) is 46.9 Å². The minimum Gasteiger partial charge on any atom is -0.440 e. The topological polar surface area (TPSA) is 29.3 Å². The van der Waals surface area contributed by atoms with Gasteiger partial charge in [0.1, 0.15) is 11.3 Å². The lowest BCUT2D eigenvalue weighted by Crippen LogP contribution is -2.20. The van der Waals surface area contributed by atoms with Gasteiger partial charge in [0.2, 0.25) is 0 Å². The van der Waals surface area contributed by atoms with E-state index in [0.29, 0.717) is 11.6 Å². The van der Waals surface area contributed by atoms with Crippen LogP contribution >= 0.6 is 11.6 Å². The molecule has 0 unspecified atom stereocenters. The summed E-state index contributed by atoms with van der Waals surface area (Å²) < 4.78 is 19.6. The third-order valence-electron chi connectivity index (χ3n) is 4.34. The quantitative estimate of drug-likeness (QED) is 0.702. The van der Waals surface area contributed by atoms with Crippen LogP contribution in [-0.4, -0.2) is 23.0 Å². The second-order valence-electron chi connectivity index (χ2n) is 5.98. The van der Waals surface area contributed by atoms with Crippen molar-refractivity contribution in [2.45, 2.75) is 18.9 Å². The zero-order valence-electron chi connectivity index (χ0n) is 12.5. The summed E-state index contributed by atoms with van der Waals surface area (Å²) in [4.78, 5) is 6.80. The average Bonchev–Trinajstić information content (AvgIpc) is 3.15. The predicted molar refractivity (Wildman–Crippen MR) is 88.1 cm³/mol. The summed E-state index contributed by atoms with van der Waals surface area (Å²) >= 11 is 5.99. The molecule has 5 heteroatoms. The molecule has 0 bridgehead atoms. The molecule has 23 heavy (non-hydrogen) atoms. The maximum Gasteiger partial charge on any atom is 0.199 e. The van der Waals surface area contributed by atoms with E-state index < -0.39 is 0 Å². The van der Waals surface area contributed by atoms with E-state index in [0.717, 1.165) is 42.1 Å². The number of hydrogen-bond acceptors (Lipinski definition) is 3. The Kier molecular flexibility index (Phi) is 3.79. The molecule has 0 spiro atoms. The monoisotopic (exact) mass is 330 g/mol. The van der Waals surface area contributed by atoms with Crippen molar-refractivity contribution in [1.82, 2.24) is 9.88 Å². The van der Waals surface area contributed by atoms with Gasteiger partial charge in [0.15, 0.2) is 11.5 Å². The Morgan fingerprint density at radius 2 is 2.13 bits per heavy atom. The number of nitrogens with zero attached hydrogens (tertiary/aromatic N) is 2. The molecule has 0 N–H and O–H groups in total. The van der Waals surface area contributed by atoms with Gasteiger partial charge in [0.05, 0.1) is 0 Å². The molecule has 2 aromatic carbocycles. The number of aromatic nitrogens is 1. The standard InChI is InChI=1S/C18H16ClFN2O/c19-14-5-6-17-16(9-14)21-18(23-17)13-7-8-22(11-13)10-12-3-1-2-4-15(12)20/h1-6,9,13H,7-8,10-11H2/t13-/m0/s1. The average molecular weight is 331 g/mol. The van der Waals surface area contributed by atoms with Crippen molar-refractivity contribution in [2.24, 2.45) is 0 Å². The summed E-state index contributed by atoms with van der Waals surface area (Å²) in [6.45, 7) is 2.36. The van der Waals surface area contributed by atoms with Crippen molar-refractivity contribution in [2.75, 3.05) is 13.1 Å². The summed E-state index contributed by atoms with van der Waals surface area (Å²) in [5.74, 6) is 0.846.